The summed E-state index contributed by atoms with van der Waals surface area (Å²) >= 11 is 0. The van der Waals surface area contributed by atoms with E-state index < -0.39 is 0 Å². The molecule has 1 fully saturated rings. The summed E-state index contributed by atoms with van der Waals surface area (Å²) in [4.78, 5) is 13.2. The van der Waals surface area contributed by atoms with Crippen LogP contribution in [0.25, 0.3) is 0 Å². The summed E-state index contributed by atoms with van der Waals surface area (Å²) in [6.07, 6.45) is 6.89. The van der Waals surface area contributed by atoms with Gasteiger partial charge in [-0.2, -0.15) is 0 Å². The molecule has 0 amide bonds. The largest absolute Gasteiger partial charge is 0.354 e. The van der Waals surface area contributed by atoms with Crippen LogP contribution < -0.4 is 5.32 Å². The van der Waals surface area contributed by atoms with E-state index in [-0.39, 0.29) is 35.8 Å². The van der Waals surface area contributed by atoms with Crippen molar-refractivity contribution >= 4 is 29.9 Å². The third-order valence-corrected chi connectivity index (χ3v) is 5.67. The van der Waals surface area contributed by atoms with Crippen molar-refractivity contribution in [1.82, 2.24) is 24.7 Å². The summed E-state index contributed by atoms with van der Waals surface area (Å²) in [7, 11) is 5.90. The van der Waals surface area contributed by atoms with Crippen molar-refractivity contribution < 1.29 is 4.39 Å². The number of nitrogens with one attached hydrogen (secondary N) is 1. The molecule has 2 aromatic rings. The maximum Gasteiger partial charge on any atom is 0.193 e. The summed E-state index contributed by atoms with van der Waals surface area (Å²) in [5, 5.41) is 3.53. The van der Waals surface area contributed by atoms with Gasteiger partial charge in [-0.1, -0.05) is 19.1 Å². The highest BCUT2D eigenvalue weighted by atomic mass is 127. The molecule has 3 atom stereocenters. The smallest absolute Gasteiger partial charge is 0.193 e. The quantitative estimate of drug-likeness (QED) is 0.378. The van der Waals surface area contributed by atoms with Gasteiger partial charge < -0.3 is 19.7 Å². The van der Waals surface area contributed by atoms with Crippen molar-refractivity contribution in [1.29, 1.82) is 0 Å². The predicted molar refractivity (Wildman–Crippen MR) is 126 cm³/mol. The molecule has 0 saturated carbocycles. The molecule has 1 aromatic heterocycles. The highest BCUT2D eigenvalue weighted by molar-refractivity contribution is 14.0. The molecule has 2 heterocycles. The molecule has 0 spiro atoms. The molecule has 1 N–H and O–H groups in total. The van der Waals surface area contributed by atoms with Crippen molar-refractivity contribution in [3.05, 3.63) is 54.4 Å². The molecule has 0 bridgehead atoms. The highest BCUT2D eigenvalue weighted by Gasteiger charge is 2.29. The SMILES string of the molecule is CN=C(NCC(c1ccc(F)cc1)N(C)C)N1CCC(C)C(n2ccnc2)C1.I. The van der Waals surface area contributed by atoms with Crippen LogP contribution in [0.2, 0.25) is 0 Å². The number of halogens is 2. The van der Waals surface area contributed by atoms with Gasteiger partial charge in [-0.3, -0.25) is 4.99 Å². The van der Waals surface area contributed by atoms with Gasteiger partial charge in [0.15, 0.2) is 5.96 Å². The Bertz CT molecular complexity index is 762. The minimum Gasteiger partial charge on any atom is -0.354 e. The van der Waals surface area contributed by atoms with E-state index in [1.165, 1.54) is 12.1 Å². The van der Waals surface area contributed by atoms with Gasteiger partial charge in [0.25, 0.3) is 0 Å². The van der Waals surface area contributed by atoms with E-state index in [1.54, 1.807) is 0 Å². The zero-order chi connectivity index (χ0) is 20.1. The minimum absolute atomic E-state index is 0. The lowest BCUT2D eigenvalue weighted by Gasteiger charge is -2.39. The maximum absolute atomic E-state index is 13.3. The number of rotatable bonds is 5. The first kappa shape index (κ1) is 23.6. The van der Waals surface area contributed by atoms with Crippen molar-refractivity contribution in [3.8, 4) is 0 Å². The molecule has 8 heteroatoms. The van der Waals surface area contributed by atoms with Crippen LogP contribution in [-0.2, 0) is 0 Å². The monoisotopic (exact) mass is 514 g/mol. The van der Waals surface area contributed by atoms with Crippen LogP contribution in [0.4, 0.5) is 4.39 Å². The Kier molecular flexibility index (Phi) is 8.88. The van der Waals surface area contributed by atoms with E-state index in [1.807, 2.05) is 52.0 Å². The van der Waals surface area contributed by atoms with Crippen LogP contribution in [0.1, 0.15) is 31.0 Å². The van der Waals surface area contributed by atoms with Gasteiger partial charge in [0.2, 0.25) is 0 Å². The fourth-order valence-corrected chi connectivity index (χ4v) is 3.90. The number of hydrogen-bond acceptors (Lipinski definition) is 3. The molecule has 0 radical (unpaired) electrons. The Morgan fingerprint density at radius 1 is 1.34 bits per heavy atom. The van der Waals surface area contributed by atoms with Gasteiger partial charge in [-0.15, -0.1) is 24.0 Å². The first-order chi connectivity index (χ1) is 13.5. The Morgan fingerprint density at radius 2 is 2.07 bits per heavy atom. The van der Waals surface area contributed by atoms with E-state index in [4.69, 9.17) is 0 Å². The number of nitrogens with zero attached hydrogens (tertiary/aromatic N) is 5. The number of aromatic nitrogens is 2. The van der Waals surface area contributed by atoms with E-state index in [0.717, 1.165) is 31.0 Å². The topological polar surface area (TPSA) is 48.7 Å². The van der Waals surface area contributed by atoms with Gasteiger partial charge in [0.05, 0.1) is 18.4 Å². The predicted octanol–water partition coefficient (Wildman–Crippen LogP) is 3.40. The molecule has 1 aromatic carbocycles. The summed E-state index contributed by atoms with van der Waals surface area (Å²) in [5.41, 5.74) is 1.08. The van der Waals surface area contributed by atoms with Crippen molar-refractivity contribution in [2.45, 2.75) is 25.4 Å². The average Bonchev–Trinajstić information content (AvgIpc) is 3.21. The molecule has 0 aliphatic carbocycles. The lowest BCUT2D eigenvalue weighted by atomic mass is 9.93. The molecule has 1 aliphatic heterocycles. The molecule has 160 valence electrons. The Balaban J connectivity index is 0.00000300. The summed E-state index contributed by atoms with van der Waals surface area (Å²) < 4.78 is 15.5. The molecule has 1 saturated heterocycles. The lowest BCUT2D eigenvalue weighted by molar-refractivity contribution is 0.187. The number of imidazole rings is 1. The van der Waals surface area contributed by atoms with Crippen LogP contribution in [0, 0.1) is 11.7 Å². The first-order valence-corrected chi connectivity index (χ1v) is 9.84. The average molecular weight is 514 g/mol. The van der Waals surface area contributed by atoms with Gasteiger partial charge in [-0.25, -0.2) is 9.37 Å². The second kappa shape index (κ2) is 10.9. The number of hydrogen-bond donors (Lipinski definition) is 1. The molecule has 6 nitrogen and oxygen atoms in total. The van der Waals surface area contributed by atoms with Crippen LogP contribution in [0.3, 0.4) is 0 Å². The molecule has 29 heavy (non-hydrogen) atoms. The zero-order valence-corrected chi connectivity index (χ0v) is 20.0. The van der Waals surface area contributed by atoms with Gasteiger partial charge in [0, 0.05) is 39.1 Å². The van der Waals surface area contributed by atoms with Crippen LogP contribution in [0.5, 0.6) is 0 Å². The number of likely N-dealkylation sites (tertiary alicyclic amines) is 1. The van der Waals surface area contributed by atoms with Crippen molar-refractivity contribution in [3.63, 3.8) is 0 Å². The molecule has 3 unspecified atom stereocenters. The number of guanidine groups is 1. The highest BCUT2D eigenvalue weighted by Crippen LogP contribution is 2.27. The molecular formula is C21H32FIN6. The van der Waals surface area contributed by atoms with Crippen molar-refractivity contribution in [2.75, 3.05) is 40.8 Å². The fourth-order valence-electron chi connectivity index (χ4n) is 3.90. The van der Waals surface area contributed by atoms with Gasteiger partial charge >= 0.3 is 0 Å². The molecule has 1 aliphatic rings. The second-order valence-corrected chi connectivity index (χ2v) is 7.75. The fraction of sp³-hybridized carbons (Fsp3) is 0.524. The van der Waals surface area contributed by atoms with E-state index in [9.17, 15) is 4.39 Å². The van der Waals surface area contributed by atoms with E-state index >= 15 is 0 Å². The van der Waals surface area contributed by atoms with Gasteiger partial charge in [-0.05, 0) is 44.1 Å². The minimum atomic E-state index is -0.210. The number of piperidine rings is 1. The standard InChI is InChI=1S/C21H31FN6.HI/c1-16-9-11-27(14-20(16)28-12-10-24-15-28)21(23-2)25-13-19(26(3)4)17-5-7-18(22)8-6-17;/h5-8,10,12,15-16,19-20H,9,11,13-14H2,1-4H3,(H,23,25);1H. The van der Waals surface area contributed by atoms with Crippen LogP contribution in [-0.4, -0.2) is 66.1 Å². The van der Waals surface area contributed by atoms with E-state index in [2.05, 4.69) is 36.6 Å². The summed E-state index contributed by atoms with van der Waals surface area (Å²) in [6, 6.07) is 7.25. The Labute approximate surface area is 190 Å². The van der Waals surface area contributed by atoms with Crippen LogP contribution >= 0.6 is 24.0 Å². The number of benzene rings is 1. The Hall–Kier alpha value is -1.68. The summed E-state index contributed by atoms with van der Waals surface area (Å²) in [6.45, 7) is 4.89. The second-order valence-electron chi connectivity index (χ2n) is 7.75. The molecular weight excluding hydrogens is 482 g/mol. The van der Waals surface area contributed by atoms with Crippen molar-refractivity contribution in [2.24, 2.45) is 10.9 Å². The number of likely N-dealkylation sites (N-methyl/N-ethyl adjacent to an activating group) is 1. The maximum atomic E-state index is 13.3. The third-order valence-electron chi connectivity index (χ3n) is 5.67. The zero-order valence-electron chi connectivity index (χ0n) is 17.6. The normalized spacial score (nSPS) is 21.0. The van der Waals surface area contributed by atoms with Crippen LogP contribution in [0.15, 0.2) is 48.0 Å². The Morgan fingerprint density at radius 3 is 2.66 bits per heavy atom. The summed E-state index contributed by atoms with van der Waals surface area (Å²) in [5.74, 6) is 1.29. The van der Waals surface area contributed by atoms with Gasteiger partial charge in [0.1, 0.15) is 5.82 Å². The first-order valence-electron chi connectivity index (χ1n) is 9.84. The number of aliphatic imine (C=N–C) groups is 1. The third kappa shape index (κ3) is 5.91. The lowest BCUT2D eigenvalue weighted by Crippen LogP contribution is -2.50. The van der Waals surface area contributed by atoms with E-state index in [0.29, 0.717) is 18.5 Å². The molecule has 3 rings (SSSR count).